The van der Waals surface area contributed by atoms with Gasteiger partial charge in [-0.1, -0.05) is 12.1 Å². The number of ether oxygens (including phenoxy) is 1. The summed E-state index contributed by atoms with van der Waals surface area (Å²) in [6.45, 7) is 1.52. The zero-order valence-corrected chi connectivity index (χ0v) is 12.2. The normalized spacial score (nSPS) is 16.0. The first kappa shape index (κ1) is 13.8. The molecule has 0 saturated carbocycles. The van der Waals surface area contributed by atoms with Gasteiger partial charge in [-0.15, -0.1) is 0 Å². The standard InChI is InChI=1S/C17H14FN3O2/c18-11-8-14-12(3-4-19-16(14)21-9-11)10-1-2-13-15(7-10)23-6-5-20-17(13)22/h1-3,7-9H,4-6H2,(H,19,21)(H,20,22). The maximum atomic E-state index is 13.6. The van der Waals surface area contributed by atoms with Gasteiger partial charge in [0.25, 0.3) is 5.91 Å². The van der Waals surface area contributed by atoms with E-state index >= 15 is 0 Å². The summed E-state index contributed by atoms with van der Waals surface area (Å²) in [6, 6.07) is 6.87. The van der Waals surface area contributed by atoms with Gasteiger partial charge in [0, 0.05) is 12.1 Å². The molecule has 0 aliphatic carbocycles. The summed E-state index contributed by atoms with van der Waals surface area (Å²) in [4.78, 5) is 16.0. The van der Waals surface area contributed by atoms with E-state index < -0.39 is 0 Å². The van der Waals surface area contributed by atoms with Crippen molar-refractivity contribution < 1.29 is 13.9 Å². The lowest BCUT2D eigenvalue weighted by molar-refractivity contribution is 0.0957. The average Bonchev–Trinajstić information content (AvgIpc) is 2.75. The van der Waals surface area contributed by atoms with Crippen LogP contribution in [0.3, 0.4) is 0 Å². The Bertz CT molecular complexity index is 833. The second-order valence-electron chi connectivity index (χ2n) is 5.36. The molecule has 5 nitrogen and oxygen atoms in total. The van der Waals surface area contributed by atoms with E-state index in [1.54, 1.807) is 6.07 Å². The van der Waals surface area contributed by atoms with E-state index in [0.717, 1.165) is 11.1 Å². The second kappa shape index (κ2) is 5.39. The molecule has 0 radical (unpaired) electrons. The molecule has 1 aromatic carbocycles. The Morgan fingerprint density at radius 3 is 3.00 bits per heavy atom. The number of rotatable bonds is 1. The Morgan fingerprint density at radius 2 is 2.09 bits per heavy atom. The maximum absolute atomic E-state index is 13.6. The van der Waals surface area contributed by atoms with Crippen LogP contribution in [0, 0.1) is 5.82 Å². The van der Waals surface area contributed by atoms with Gasteiger partial charge in [0.1, 0.15) is 24.0 Å². The van der Waals surface area contributed by atoms with Gasteiger partial charge in [-0.2, -0.15) is 0 Å². The number of nitrogens with zero attached hydrogens (tertiary/aromatic N) is 1. The van der Waals surface area contributed by atoms with Gasteiger partial charge >= 0.3 is 0 Å². The Balaban J connectivity index is 1.80. The summed E-state index contributed by atoms with van der Waals surface area (Å²) in [5, 5.41) is 5.89. The summed E-state index contributed by atoms with van der Waals surface area (Å²) in [7, 11) is 0. The van der Waals surface area contributed by atoms with Crippen LogP contribution in [0.4, 0.5) is 10.2 Å². The van der Waals surface area contributed by atoms with E-state index in [1.807, 2.05) is 18.2 Å². The van der Waals surface area contributed by atoms with E-state index in [1.165, 1.54) is 12.3 Å². The van der Waals surface area contributed by atoms with Crippen LogP contribution in [-0.2, 0) is 0 Å². The van der Waals surface area contributed by atoms with Crippen molar-refractivity contribution in [2.45, 2.75) is 0 Å². The number of hydrogen-bond acceptors (Lipinski definition) is 4. The molecule has 116 valence electrons. The molecule has 0 bridgehead atoms. The van der Waals surface area contributed by atoms with Crippen molar-refractivity contribution in [1.82, 2.24) is 10.3 Å². The highest BCUT2D eigenvalue weighted by atomic mass is 19.1. The number of fused-ring (bicyclic) bond motifs is 2. The zero-order chi connectivity index (χ0) is 15.8. The van der Waals surface area contributed by atoms with E-state index in [0.29, 0.717) is 42.4 Å². The van der Waals surface area contributed by atoms with Crippen molar-refractivity contribution in [2.24, 2.45) is 0 Å². The van der Waals surface area contributed by atoms with Gasteiger partial charge < -0.3 is 15.4 Å². The number of carbonyl (C=O) groups excluding carboxylic acids is 1. The number of amides is 1. The SMILES string of the molecule is O=C1NCCOc2cc(C3=CCNc4ncc(F)cc43)ccc21. The third-order valence-electron chi connectivity index (χ3n) is 3.90. The topological polar surface area (TPSA) is 63.2 Å². The minimum atomic E-state index is -0.385. The zero-order valence-electron chi connectivity index (χ0n) is 12.2. The molecule has 23 heavy (non-hydrogen) atoms. The van der Waals surface area contributed by atoms with Gasteiger partial charge in [0.2, 0.25) is 0 Å². The van der Waals surface area contributed by atoms with Gasteiger partial charge in [0.15, 0.2) is 0 Å². The predicted octanol–water partition coefficient (Wildman–Crippen LogP) is 2.20. The third-order valence-corrected chi connectivity index (χ3v) is 3.90. The van der Waals surface area contributed by atoms with Crippen LogP contribution >= 0.6 is 0 Å². The van der Waals surface area contributed by atoms with Crippen LogP contribution in [0.5, 0.6) is 5.75 Å². The number of pyridine rings is 1. The fourth-order valence-electron chi connectivity index (χ4n) is 2.84. The van der Waals surface area contributed by atoms with Crippen LogP contribution in [-0.4, -0.2) is 30.6 Å². The molecule has 2 aliphatic heterocycles. The molecular weight excluding hydrogens is 297 g/mol. The van der Waals surface area contributed by atoms with E-state index in [4.69, 9.17) is 4.74 Å². The van der Waals surface area contributed by atoms with Gasteiger partial charge in [-0.3, -0.25) is 4.79 Å². The van der Waals surface area contributed by atoms with Crippen LogP contribution in [0.25, 0.3) is 5.57 Å². The molecule has 2 aliphatic rings. The minimum Gasteiger partial charge on any atom is -0.491 e. The van der Waals surface area contributed by atoms with Crippen molar-refractivity contribution in [3.63, 3.8) is 0 Å². The van der Waals surface area contributed by atoms with Crippen molar-refractivity contribution in [3.8, 4) is 5.75 Å². The first-order chi connectivity index (χ1) is 11.2. The fourth-order valence-corrected chi connectivity index (χ4v) is 2.84. The average molecular weight is 311 g/mol. The molecule has 0 atom stereocenters. The largest absolute Gasteiger partial charge is 0.491 e. The van der Waals surface area contributed by atoms with Gasteiger partial charge in [-0.05, 0) is 29.3 Å². The monoisotopic (exact) mass is 311 g/mol. The highest BCUT2D eigenvalue weighted by molar-refractivity contribution is 5.98. The summed E-state index contributed by atoms with van der Waals surface area (Å²) < 4.78 is 19.2. The first-order valence-corrected chi connectivity index (χ1v) is 7.38. The molecule has 0 fully saturated rings. The number of halogens is 1. The Kier molecular flexibility index (Phi) is 3.22. The minimum absolute atomic E-state index is 0.142. The number of anilines is 1. The number of nitrogens with one attached hydrogen (secondary N) is 2. The third kappa shape index (κ3) is 2.42. The number of carbonyl (C=O) groups is 1. The quantitative estimate of drug-likeness (QED) is 0.847. The summed E-state index contributed by atoms with van der Waals surface area (Å²) in [5.41, 5.74) is 2.96. The Hall–Kier alpha value is -2.89. The lowest BCUT2D eigenvalue weighted by atomic mass is 9.94. The predicted molar refractivity (Wildman–Crippen MR) is 84.0 cm³/mol. The van der Waals surface area contributed by atoms with Crippen LogP contribution in [0.2, 0.25) is 0 Å². The smallest absolute Gasteiger partial charge is 0.255 e. The highest BCUT2D eigenvalue weighted by Gasteiger charge is 2.20. The molecule has 2 N–H and O–H groups in total. The van der Waals surface area contributed by atoms with Crippen molar-refractivity contribution in [1.29, 1.82) is 0 Å². The molecule has 0 saturated heterocycles. The summed E-state index contributed by atoms with van der Waals surface area (Å²) >= 11 is 0. The maximum Gasteiger partial charge on any atom is 0.255 e. The lowest BCUT2D eigenvalue weighted by Gasteiger charge is -2.19. The van der Waals surface area contributed by atoms with Gasteiger partial charge in [-0.25, -0.2) is 9.37 Å². The molecule has 0 unspecified atom stereocenters. The van der Waals surface area contributed by atoms with Crippen LogP contribution in [0.15, 0.2) is 36.5 Å². The van der Waals surface area contributed by atoms with Crippen molar-refractivity contribution in [2.75, 3.05) is 25.0 Å². The summed E-state index contributed by atoms with van der Waals surface area (Å²) in [5.74, 6) is 0.667. The van der Waals surface area contributed by atoms with E-state index in [9.17, 15) is 9.18 Å². The first-order valence-electron chi connectivity index (χ1n) is 7.38. The molecule has 6 heteroatoms. The number of aromatic nitrogens is 1. The number of hydrogen-bond donors (Lipinski definition) is 2. The van der Waals surface area contributed by atoms with Crippen LogP contribution in [0.1, 0.15) is 21.5 Å². The second-order valence-corrected chi connectivity index (χ2v) is 5.36. The fraction of sp³-hybridized carbons (Fsp3) is 0.176. The van der Waals surface area contributed by atoms with Crippen LogP contribution < -0.4 is 15.4 Å². The van der Waals surface area contributed by atoms with Gasteiger partial charge in [0.05, 0.1) is 18.3 Å². The molecular formula is C17H14FN3O2. The lowest BCUT2D eigenvalue weighted by Crippen LogP contribution is -2.24. The molecule has 1 aromatic heterocycles. The molecule has 0 spiro atoms. The molecule has 2 aromatic rings. The van der Waals surface area contributed by atoms with Crippen molar-refractivity contribution in [3.05, 3.63) is 59.0 Å². The van der Waals surface area contributed by atoms with E-state index in [-0.39, 0.29) is 11.7 Å². The summed E-state index contributed by atoms with van der Waals surface area (Å²) in [6.07, 6.45) is 3.17. The Labute approximate surface area is 132 Å². The molecule has 1 amide bonds. The Morgan fingerprint density at radius 1 is 1.17 bits per heavy atom. The highest BCUT2D eigenvalue weighted by Crippen LogP contribution is 2.34. The number of benzene rings is 1. The molecule has 3 heterocycles. The molecule has 4 rings (SSSR count). The van der Waals surface area contributed by atoms with E-state index in [2.05, 4.69) is 15.6 Å². The van der Waals surface area contributed by atoms with Crippen molar-refractivity contribution >= 4 is 17.3 Å².